The standard InChI is InChI=1S/C30H20N2O/c33-30(26-18-32-28-16-8-5-13-23(26)28)25-14-6-3-10-20(25)19-9-1-2-12-22(19)29(30)24-17-31-27-15-7-4-11-21(24)27/h1-18,32-33H/b29-24+. The van der Waals surface area contributed by atoms with Crippen molar-refractivity contribution in [2.24, 2.45) is 4.99 Å². The van der Waals surface area contributed by atoms with Crippen molar-refractivity contribution in [3.63, 3.8) is 0 Å². The molecule has 1 aliphatic carbocycles. The first-order valence-electron chi connectivity index (χ1n) is 11.1. The summed E-state index contributed by atoms with van der Waals surface area (Å²) in [5.41, 5.74) is 8.38. The van der Waals surface area contributed by atoms with Crippen LogP contribution in [0.1, 0.15) is 22.3 Å². The molecule has 4 aromatic carbocycles. The van der Waals surface area contributed by atoms with Crippen molar-refractivity contribution in [2.45, 2.75) is 5.60 Å². The summed E-state index contributed by atoms with van der Waals surface area (Å²) in [5, 5.41) is 13.9. The number of benzene rings is 4. The second-order valence-electron chi connectivity index (χ2n) is 8.61. The smallest absolute Gasteiger partial charge is 0.144 e. The molecule has 0 saturated heterocycles. The van der Waals surface area contributed by atoms with Crippen LogP contribution in [0.5, 0.6) is 0 Å². The van der Waals surface area contributed by atoms with Crippen LogP contribution in [-0.4, -0.2) is 16.3 Å². The summed E-state index contributed by atoms with van der Waals surface area (Å²) in [5.74, 6) is 0. The number of nitrogens with one attached hydrogen (secondary N) is 1. The molecular formula is C30H20N2O. The zero-order chi connectivity index (χ0) is 22.0. The molecule has 1 unspecified atom stereocenters. The first kappa shape index (κ1) is 18.4. The molecule has 0 radical (unpaired) electrons. The van der Waals surface area contributed by atoms with Gasteiger partial charge in [-0.25, -0.2) is 0 Å². The minimum absolute atomic E-state index is 0.848. The highest BCUT2D eigenvalue weighted by molar-refractivity contribution is 6.27. The van der Waals surface area contributed by atoms with Crippen molar-refractivity contribution in [3.8, 4) is 11.1 Å². The van der Waals surface area contributed by atoms with Crippen LogP contribution in [0.15, 0.2) is 108 Å². The first-order chi connectivity index (χ1) is 16.3. The van der Waals surface area contributed by atoms with Gasteiger partial charge in [0.25, 0.3) is 0 Å². The summed E-state index contributed by atoms with van der Waals surface area (Å²) >= 11 is 0. The molecule has 156 valence electrons. The summed E-state index contributed by atoms with van der Waals surface area (Å²) in [6.45, 7) is 0. The number of nitrogens with zero attached hydrogens (tertiary/aromatic N) is 1. The molecule has 0 bridgehead atoms. The number of hydrogen-bond donors (Lipinski definition) is 2. The van der Waals surface area contributed by atoms with Crippen molar-refractivity contribution in [2.75, 3.05) is 0 Å². The summed E-state index contributed by atoms with van der Waals surface area (Å²) in [4.78, 5) is 8.07. The Morgan fingerprint density at radius 1 is 0.636 bits per heavy atom. The van der Waals surface area contributed by atoms with Crippen molar-refractivity contribution >= 4 is 34.0 Å². The molecule has 0 fully saturated rings. The maximum Gasteiger partial charge on any atom is 0.144 e. The van der Waals surface area contributed by atoms with E-state index in [-0.39, 0.29) is 0 Å². The summed E-state index contributed by atoms with van der Waals surface area (Å²) in [6, 6.07) is 32.8. The average molecular weight is 425 g/mol. The van der Waals surface area contributed by atoms with E-state index in [4.69, 9.17) is 4.99 Å². The molecule has 5 aromatic rings. The topological polar surface area (TPSA) is 48.4 Å². The fraction of sp³-hybridized carbons (Fsp3) is 0.0333. The summed E-state index contributed by atoms with van der Waals surface area (Å²) in [6.07, 6.45) is 3.86. The van der Waals surface area contributed by atoms with Crippen LogP contribution < -0.4 is 0 Å². The van der Waals surface area contributed by atoms with Gasteiger partial charge in [-0.05, 0) is 28.8 Å². The van der Waals surface area contributed by atoms with Gasteiger partial charge >= 0.3 is 0 Å². The minimum Gasteiger partial charge on any atom is -0.376 e. The van der Waals surface area contributed by atoms with E-state index in [9.17, 15) is 5.11 Å². The van der Waals surface area contributed by atoms with E-state index in [1.165, 1.54) is 0 Å². The van der Waals surface area contributed by atoms with Gasteiger partial charge in [0.1, 0.15) is 5.60 Å². The molecule has 2 heterocycles. The SMILES string of the molecule is OC1(c2c[nH]c3ccccc23)/C(=C2\C=Nc3ccccc32)c2ccccc2-c2ccccc21. The van der Waals surface area contributed by atoms with E-state index in [0.717, 1.165) is 61.1 Å². The highest BCUT2D eigenvalue weighted by Gasteiger charge is 2.46. The van der Waals surface area contributed by atoms with Crippen LogP contribution in [0.25, 0.3) is 33.2 Å². The zero-order valence-corrected chi connectivity index (χ0v) is 17.8. The minimum atomic E-state index is -1.36. The molecule has 3 nitrogen and oxygen atoms in total. The van der Waals surface area contributed by atoms with Crippen LogP contribution in [0.2, 0.25) is 0 Å². The van der Waals surface area contributed by atoms with Crippen LogP contribution in [0.3, 0.4) is 0 Å². The third kappa shape index (κ3) is 2.40. The number of aromatic amines is 1. The molecule has 0 spiro atoms. The van der Waals surface area contributed by atoms with E-state index in [0.29, 0.717) is 0 Å². The Labute approximate surface area is 191 Å². The Bertz CT molecular complexity index is 1640. The second-order valence-corrected chi connectivity index (χ2v) is 8.61. The van der Waals surface area contributed by atoms with Gasteiger partial charge in [-0.3, -0.25) is 4.99 Å². The summed E-state index contributed by atoms with van der Waals surface area (Å²) in [7, 11) is 0. The van der Waals surface area contributed by atoms with Gasteiger partial charge in [-0.1, -0.05) is 84.9 Å². The fourth-order valence-electron chi connectivity index (χ4n) is 5.51. The monoisotopic (exact) mass is 424 g/mol. The van der Waals surface area contributed by atoms with Gasteiger partial charge in [0.2, 0.25) is 0 Å². The number of rotatable bonds is 1. The Morgan fingerprint density at radius 3 is 2.18 bits per heavy atom. The summed E-state index contributed by atoms with van der Waals surface area (Å²) < 4.78 is 0. The Morgan fingerprint density at radius 2 is 1.30 bits per heavy atom. The molecule has 7 rings (SSSR count). The molecular weight excluding hydrogens is 404 g/mol. The molecule has 3 heteroatoms. The van der Waals surface area contributed by atoms with Gasteiger partial charge in [0.15, 0.2) is 0 Å². The first-order valence-corrected chi connectivity index (χ1v) is 11.1. The predicted octanol–water partition coefficient (Wildman–Crippen LogP) is 6.71. The molecule has 0 saturated carbocycles. The van der Waals surface area contributed by atoms with Crippen molar-refractivity contribution < 1.29 is 5.11 Å². The van der Waals surface area contributed by atoms with Crippen LogP contribution >= 0.6 is 0 Å². The van der Waals surface area contributed by atoms with Gasteiger partial charge in [0.05, 0.1) is 5.69 Å². The van der Waals surface area contributed by atoms with Crippen LogP contribution in [0, 0.1) is 0 Å². The third-order valence-electron chi connectivity index (χ3n) is 6.94. The van der Waals surface area contributed by atoms with E-state index < -0.39 is 5.60 Å². The van der Waals surface area contributed by atoms with Crippen molar-refractivity contribution in [1.82, 2.24) is 4.98 Å². The lowest BCUT2D eigenvalue weighted by Crippen LogP contribution is -2.33. The quantitative estimate of drug-likeness (QED) is 0.309. The average Bonchev–Trinajstić information content (AvgIpc) is 3.49. The number of allylic oxidation sites excluding steroid dienone is 1. The number of para-hydroxylation sites is 2. The van der Waals surface area contributed by atoms with Gasteiger partial charge in [0, 0.05) is 51.2 Å². The molecule has 1 aromatic heterocycles. The Balaban J connectivity index is 1.67. The largest absolute Gasteiger partial charge is 0.376 e. The molecule has 1 aliphatic heterocycles. The number of aliphatic hydroxyl groups is 1. The Kier molecular flexibility index (Phi) is 3.70. The van der Waals surface area contributed by atoms with Gasteiger partial charge in [-0.2, -0.15) is 0 Å². The van der Waals surface area contributed by atoms with E-state index >= 15 is 0 Å². The number of aliphatic imine (C=N–C) groups is 1. The maximum absolute atomic E-state index is 12.9. The number of fused-ring (bicyclic) bond motifs is 5. The van der Waals surface area contributed by atoms with E-state index in [2.05, 4.69) is 41.4 Å². The molecule has 2 N–H and O–H groups in total. The number of hydrogen-bond acceptors (Lipinski definition) is 2. The molecule has 33 heavy (non-hydrogen) atoms. The van der Waals surface area contributed by atoms with Crippen LogP contribution in [-0.2, 0) is 5.60 Å². The normalized spacial score (nSPS) is 20.5. The fourth-order valence-corrected chi connectivity index (χ4v) is 5.51. The second kappa shape index (κ2) is 6.64. The predicted molar refractivity (Wildman–Crippen MR) is 135 cm³/mol. The lowest BCUT2D eigenvalue weighted by molar-refractivity contribution is 0.147. The number of aromatic nitrogens is 1. The van der Waals surface area contributed by atoms with Crippen molar-refractivity contribution in [3.05, 3.63) is 126 Å². The van der Waals surface area contributed by atoms with E-state index in [1.54, 1.807) is 0 Å². The van der Waals surface area contributed by atoms with E-state index in [1.807, 2.05) is 73.1 Å². The highest BCUT2D eigenvalue weighted by Crippen LogP contribution is 2.56. The maximum atomic E-state index is 12.9. The lowest BCUT2D eigenvalue weighted by Gasteiger charge is -2.39. The third-order valence-corrected chi connectivity index (χ3v) is 6.94. The molecule has 1 atom stereocenters. The van der Waals surface area contributed by atoms with Gasteiger partial charge in [-0.15, -0.1) is 0 Å². The lowest BCUT2D eigenvalue weighted by atomic mass is 9.67. The van der Waals surface area contributed by atoms with Gasteiger partial charge < -0.3 is 10.1 Å². The number of H-pyrrole nitrogens is 1. The zero-order valence-electron chi connectivity index (χ0n) is 17.8. The molecule has 0 amide bonds. The Hall–Kier alpha value is -4.21. The van der Waals surface area contributed by atoms with Crippen molar-refractivity contribution in [1.29, 1.82) is 0 Å². The van der Waals surface area contributed by atoms with Crippen LogP contribution in [0.4, 0.5) is 5.69 Å². The molecule has 2 aliphatic rings. The highest BCUT2D eigenvalue weighted by atomic mass is 16.3.